The van der Waals surface area contributed by atoms with Crippen molar-refractivity contribution in [3.05, 3.63) is 68.5 Å². The minimum atomic E-state index is -1.05. The number of esters is 2. The van der Waals surface area contributed by atoms with Crippen LogP contribution in [0.2, 0.25) is 0 Å². The molecule has 1 N–H and O–H groups in total. The van der Waals surface area contributed by atoms with Gasteiger partial charge in [0.25, 0.3) is 5.69 Å². The number of nitrogens with zero attached hydrogens (tertiary/aromatic N) is 4. The minimum absolute atomic E-state index is 0.0640. The van der Waals surface area contributed by atoms with Crippen molar-refractivity contribution in [1.82, 2.24) is 14.7 Å². The van der Waals surface area contributed by atoms with E-state index < -0.39 is 46.3 Å². The molecule has 184 valence electrons. The summed E-state index contributed by atoms with van der Waals surface area (Å²) in [7, 11) is 1.69. The van der Waals surface area contributed by atoms with Crippen LogP contribution in [0.1, 0.15) is 31.1 Å². The first-order chi connectivity index (χ1) is 16.6. The Morgan fingerprint density at radius 1 is 1.31 bits per heavy atom. The van der Waals surface area contributed by atoms with Gasteiger partial charge in [0.15, 0.2) is 0 Å². The first-order valence-corrected chi connectivity index (χ1v) is 11.4. The van der Waals surface area contributed by atoms with E-state index in [0.717, 1.165) is 11.8 Å². The largest absolute Gasteiger partial charge is 0.457 e. The molecule has 0 aliphatic carbocycles. The van der Waals surface area contributed by atoms with Gasteiger partial charge in [-0.15, -0.1) is 0 Å². The number of β-lactam (4-membered cyclic amide) rings is 1. The number of aromatic nitrogens is 2. The highest BCUT2D eigenvalue weighted by Gasteiger charge is 2.60. The van der Waals surface area contributed by atoms with Gasteiger partial charge in [-0.1, -0.05) is 11.8 Å². The quantitative estimate of drug-likeness (QED) is 0.244. The van der Waals surface area contributed by atoms with Gasteiger partial charge in [0.1, 0.15) is 29.7 Å². The lowest BCUT2D eigenvalue weighted by Gasteiger charge is -2.45. The molecule has 13 heteroatoms. The van der Waals surface area contributed by atoms with E-state index in [2.05, 4.69) is 5.10 Å². The molecule has 4 atom stereocenters. The van der Waals surface area contributed by atoms with E-state index in [-0.39, 0.29) is 22.9 Å². The molecule has 1 fully saturated rings. The van der Waals surface area contributed by atoms with Crippen LogP contribution in [-0.4, -0.2) is 54.0 Å². The Hall–Kier alpha value is -3.71. The Balaban J connectivity index is 1.53. The number of nitro benzene ring substituents is 1. The molecular formula is C22H22N4O8S. The van der Waals surface area contributed by atoms with Crippen molar-refractivity contribution in [2.45, 2.75) is 38.0 Å². The highest BCUT2D eigenvalue weighted by Crippen LogP contribution is 2.54. The SMILES string of the molecule is CC(=O)OC(c1cnn(C)c1)C1C(=O)N2C(C(=O)OCc3ccc([N+](=O)[O-])cc3)=C(C(C)O)S[C@H]12. The number of hydrogen-bond acceptors (Lipinski definition) is 10. The van der Waals surface area contributed by atoms with Gasteiger partial charge >= 0.3 is 11.9 Å². The molecule has 1 aromatic carbocycles. The number of thioether (sulfide) groups is 1. The van der Waals surface area contributed by atoms with Crippen LogP contribution < -0.4 is 0 Å². The molecular weight excluding hydrogens is 480 g/mol. The molecule has 0 bridgehead atoms. The summed E-state index contributed by atoms with van der Waals surface area (Å²) < 4.78 is 12.3. The van der Waals surface area contributed by atoms with Gasteiger partial charge in [0.05, 0.1) is 17.2 Å². The summed E-state index contributed by atoms with van der Waals surface area (Å²) in [5.41, 5.74) is 0.895. The Kier molecular flexibility index (Phi) is 6.63. The third-order valence-corrected chi connectivity index (χ3v) is 7.10. The van der Waals surface area contributed by atoms with Gasteiger partial charge in [-0.3, -0.25) is 29.3 Å². The number of ether oxygens (including phenoxy) is 2. The van der Waals surface area contributed by atoms with E-state index in [1.807, 2.05) is 0 Å². The fraction of sp³-hybridized carbons (Fsp3) is 0.364. The number of aliphatic hydroxyl groups excluding tert-OH is 1. The number of benzene rings is 1. The molecule has 2 aliphatic rings. The van der Waals surface area contributed by atoms with Gasteiger partial charge < -0.3 is 14.6 Å². The summed E-state index contributed by atoms with van der Waals surface area (Å²) >= 11 is 1.14. The second kappa shape index (κ2) is 9.50. The standard InChI is InChI=1S/C22H22N4O8S/c1-11(27)19-17(22(30)33-10-13-4-6-15(7-5-13)26(31)32)25-20(29)16(21(25)35-19)18(34-12(2)28)14-8-23-24(3)9-14/h4-9,11,16,18,21,27H,10H2,1-3H3/t11?,16?,18?,21-/m1/s1. The number of fused-ring (bicyclic) bond motifs is 1. The summed E-state index contributed by atoms with van der Waals surface area (Å²) in [5, 5.41) is 24.6. The molecule has 4 rings (SSSR count). The maximum Gasteiger partial charge on any atom is 0.356 e. The van der Waals surface area contributed by atoms with Crippen molar-refractivity contribution >= 4 is 35.3 Å². The normalized spacial score (nSPS) is 20.7. The summed E-state index contributed by atoms with van der Waals surface area (Å²) in [6.45, 7) is 2.54. The van der Waals surface area contributed by atoms with Crippen molar-refractivity contribution in [1.29, 1.82) is 0 Å². The second-order valence-electron chi connectivity index (χ2n) is 8.11. The minimum Gasteiger partial charge on any atom is -0.457 e. The molecule has 0 spiro atoms. The zero-order valence-corrected chi connectivity index (χ0v) is 19.8. The summed E-state index contributed by atoms with van der Waals surface area (Å²) in [6, 6.07) is 5.51. The van der Waals surface area contributed by atoms with Crippen LogP contribution in [0.25, 0.3) is 0 Å². The second-order valence-corrected chi connectivity index (χ2v) is 9.27. The lowest BCUT2D eigenvalue weighted by molar-refractivity contribution is -0.384. The molecule has 2 aromatic rings. The maximum atomic E-state index is 13.2. The van der Waals surface area contributed by atoms with E-state index in [0.29, 0.717) is 11.1 Å². The number of aryl methyl sites for hydroxylation is 1. The molecule has 3 heterocycles. The average molecular weight is 503 g/mol. The summed E-state index contributed by atoms with van der Waals surface area (Å²) in [6.07, 6.45) is 1.19. The van der Waals surface area contributed by atoms with Crippen LogP contribution in [0.4, 0.5) is 5.69 Å². The third kappa shape index (κ3) is 4.64. The molecule has 2 aliphatic heterocycles. The van der Waals surface area contributed by atoms with Gasteiger partial charge in [0, 0.05) is 42.8 Å². The van der Waals surface area contributed by atoms with Crippen molar-refractivity contribution in [3.8, 4) is 0 Å². The monoisotopic (exact) mass is 502 g/mol. The topological polar surface area (TPSA) is 154 Å². The first kappa shape index (κ1) is 24.4. The molecule has 0 radical (unpaired) electrons. The van der Waals surface area contributed by atoms with Crippen molar-refractivity contribution < 1.29 is 33.9 Å². The molecule has 3 unspecified atom stereocenters. The Morgan fingerprint density at radius 2 is 2.00 bits per heavy atom. The van der Waals surface area contributed by atoms with Gasteiger partial charge in [-0.2, -0.15) is 5.10 Å². The van der Waals surface area contributed by atoms with Crippen molar-refractivity contribution in [2.24, 2.45) is 13.0 Å². The van der Waals surface area contributed by atoms with Gasteiger partial charge in [-0.05, 0) is 24.6 Å². The first-order valence-electron chi connectivity index (χ1n) is 10.6. The van der Waals surface area contributed by atoms with Crippen LogP contribution in [-0.2, 0) is 37.5 Å². The Morgan fingerprint density at radius 3 is 2.54 bits per heavy atom. The fourth-order valence-electron chi connectivity index (χ4n) is 3.97. The molecule has 12 nitrogen and oxygen atoms in total. The number of hydrogen-bond donors (Lipinski definition) is 1. The van der Waals surface area contributed by atoms with Crippen LogP contribution in [0.15, 0.2) is 47.3 Å². The smallest absolute Gasteiger partial charge is 0.356 e. The fourth-order valence-corrected chi connectivity index (χ4v) is 5.45. The Labute approximate surface area is 203 Å². The average Bonchev–Trinajstić information content (AvgIpc) is 3.38. The number of amides is 1. The summed E-state index contributed by atoms with van der Waals surface area (Å²) in [5.74, 6) is -2.62. The van der Waals surface area contributed by atoms with Crippen LogP contribution in [0.5, 0.6) is 0 Å². The lowest BCUT2D eigenvalue weighted by atomic mass is 9.88. The zero-order chi connectivity index (χ0) is 25.4. The van der Waals surface area contributed by atoms with Crippen molar-refractivity contribution in [3.63, 3.8) is 0 Å². The predicted molar refractivity (Wildman–Crippen MR) is 121 cm³/mol. The molecule has 1 aromatic heterocycles. The molecule has 1 saturated heterocycles. The number of non-ortho nitro benzene ring substituents is 1. The van der Waals surface area contributed by atoms with E-state index in [1.54, 1.807) is 13.2 Å². The van der Waals surface area contributed by atoms with Crippen molar-refractivity contribution in [2.75, 3.05) is 0 Å². The molecule has 1 amide bonds. The Bertz CT molecular complexity index is 1220. The zero-order valence-electron chi connectivity index (χ0n) is 19.0. The van der Waals surface area contributed by atoms with Crippen LogP contribution >= 0.6 is 11.8 Å². The van der Waals surface area contributed by atoms with E-state index >= 15 is 0 Å². The number of carbonyl (C=O) groups excluding carboxylic acids is 3. The number of carbonyl (C=O) groups is 3. The lowest BCUT2D eigenvalue weighted by Crippen LogP contribution is -2.59. The van der Waals surface area contributed by atoms with E-state index in [9.17, 15) is 29.6 Å². The molecule has 35 heavy (non-hydrogen) atoms. The highest BCUT2D eigenvalue weighted by atomic mass is 32.2. The van der Waals surface area contributed by atoms with Gasteiger partial charge in [-0.25, -0.2) is 4.79 Å². The number of nitro groups is 1. The van der Waals surface area contributed by atoms with Crippen LogP contribution in [0, 0.1) is 16.0 Å². The predicted octanol–water partition coefficient (Wildman–Crippen LogP) is 1.80. The number of rotatable bonds is 8. The van der Waals surface area contributed by atoms with E-state index in [4.69, 9.17) is 9.47 Å². The third-order valence-electron chi connectivity index (χ3n) is 5.57. The summed E-state index contributed by atoms with van der Waals surface area (Å²) in [4.78, 5) is 49.7. The van der Waals surface area contributed by atoms with Gasteiger partial charge in [0.2, 0.25) is 5.91 Å². The van der Waals surface area contributed by atoms with Crippen LogP contribution in [0.3, 0.4) is 0 Å². The van der Waals surface area contributed by atoms with E-state index in [1.165, 1.54) is 53.9 Å². The highest BCUT2D eigenvalue weighted by molar-refractivity contribution is 8.04. The molecule has 0 saturated carbocycles. The maximum absolute atomic E-state index is 13.2. The number of aliphatic hydroxyl groups is 1.